The minimum absolute atomic E-state index is 0.0291. The van der Waals surface area contributed by atoms with Gasteiger partial charge in [-0.25, -0.2) is 22.0 Å². The molecule has 0 spiro atoms. The maximum Gasteiger partial charge on any atom is 0.334 e. The average Bonchev–Trinajstić information content (AvgIpc) is 2.60. The van der Waals surface area contributed by atoms with Gasteiger partial charge < -0.3 is 9.84 Å². The highest BCUT2D eigenvalue weighted by Crippen LogP contribution is 2.31. The summed E-state index contributed by atoms with van der Waals surface area (Å²) in [6.45, 7) is 1.29. The molecule has 0 aliphatic rings. The van der Waals surface area contributed by atoms with E-state index in [1.165, 1.54) is 24.3 Å². The van der Waals surface area contributed by atoms with Crippen LogP contribution in [0, 0.1) is 11.6 Å². The fourth-order valence-corrected chi connectivity index (χ4v) is 3.37. The molecule has 2 aromatic rings. The molecule has 0 fully saturated rings. The second kappa shape index (κ2) is 9.07. The Morgan fingerprint density at radius 1 is 1.04 bits per heavy atom. The number of sulfone groups is 1. The topological polar surface area (TPSA) is 80.7 Å². The molecule has 2 aromatic carbocycles. The van der Waals surface area contributed by atoms with Crippen molar-refractivity contribution in [1.29, 1.82) is 0 Å². The number of aliphatic hydroxyl groups excluding tert-OH is 1. The van der Waals surface area contributed by atoms with Crippen molar-refractivity contribution in [3.8, 4) is 0 Å². The molecule has 0 aliphatic heterocycles. The number of carbonyl (C=O) groups is 1. The molecule has 28 heavy (non-hydrogen) atoms. The van der Waals surface area contributed by atoms with E-state index >= 15 is 0 Å². The van der Waals surface area contributed by atoms with Gasteiger partial charge in [-0.3, -0.25) is 0 Å². The van der Waals surface area contributed by atoms with Gasteiger partial charge in [-0.2, -0.15) is 0 Å². The quantitative estimate of drug-likeness (QED) is 0.560. The lowest BCUT2D eigenvalue weighted by Crippen LogP contribution is -2.12. The number of halogens is 2. The minimum atomic E-state index is -3.45. The van der Waals surface area contributed by atoms with E-state index < -0.39 is 34.0 Å². The first-order valence-corrected chi connectivity index (χ1v) is 10.3. The number of carbonyl (C=O) groups excluding carboxylic acids is 1. The van der Waals surface area contributed by atoms with E-state index in [9.17, 15) is 27.1 Å². The zero-order chi connectivity index (χ0) is 20.9. The largest absolute Gasteiger partial charge is 0.463 e. The summed E-state index contributed by atoms with van der Waals surface area (Å²) in [5, 5.41) is 9.39. The molecule has 1 N–H and O–H groups in total. The van der Waals surface area contributed by atoms with Crippen molar-refractivity contribution in [3.63, 3.8) is 0 Å². The molecule has 5 nitrogen and oxygen atoms in total. The van der Waals surface area contributed by atoms with Crippen molar-refractivity contribution >= 4 is 21.4 Å². The number of esters is 1. The van der Waals surface area contributed by atoms with Crippen molar-refractivity contribution in [2.75, 3.05) is 19.5 Å². The van der Waals surface area contributed by atoms with Crippen LogP contribution in [0.1, 0.15) is 24.5 Å². The lowest BCUT2D eigenvalue weighted by atomic mass is 9.91. The van der Waals surface area contributed by atoms with Crippen LogP contribution in [-0.4, -0.2) is 39.0 Å². The Bertz CT molecular complexity index is 976. The first-order valence-electron chi connectivity index (χ1n) is 8.45. The summed E-state index contributed by atoms with van der Waals surface area (Å²) in [5.74, 6) is -2.41. The smallest absolute Gasteiger partial charge is 0.334 e. The van der Waals surface area contributed by atoms with Crippen LogP contribution in [0.4, 0.5) is 8.78 Å². The summed E-state index contributed by atoms with van der Waals surface area (Å²) >= 11 is 0. The van der Waals surface area contributed by atoms with E-state index in [0.29, 0.717) is 11.6 Å². The van der Waals surface area contributed by atoms with Crippen molar-refractivity contribution in [2.24, 2.45) is 0 Å². The molecule has 0 amide bonds. The standard InChI is InChI=1S/C20H20F2O5S/c1-3-27-20(24)18(8-9-23)19(14-10-15(21)12-16(22)11-14)13-4-6-17(7-5-13)28(2,25)26/h4-7,10-12,23H,3,8-9H2,1-2H3. The third-order valence-corrected chi connectivity index (χ3v) is 5.04. The molecule has 8 heteroatoms. The number of hydrogen-bond donors (Lipinski definition) is 1. The number of benzene rings is 2. The van der Waals surface area contributed by atoms with E-state index in [0.717, 1.165) is 18.4 Å². The minimum Gasteiger partial charge on any atom is -0.463 e. The molecule has 0 heterocycles. The highest BCUT2D eigenvalue weighted by molar-refractivity contribution is 7.90. The van der Waals surface area contributed by atoms with Gasteiger partial charge in [-0.05, 0) is 47.9 Å². The Hall–Kier alpha value is -2.58. The van der Waals surface area contributed by atoms with Crippen molar-refractivity contribution in [2.45, 2.75) is 18.2 Å². The van der Waals surface area contributed by atoms with Crippen LogP contribution in [0.25, 0.3) is 5.57 Å². The molecule has 0 saturated heterocycles. The van der Waals surface area contributed by atoms with Gasteiger partial charge in [0.2, 0.25) is 0 Å². The Labute approximate surface area is 162 Å². The lowest BCUT2D eigenvalue weighted by molar-refractivity contribution is -0.138. The van der Waals surface area contributed by atoms with Crippen LogP contribution in [0.2, 0.25) is 0 Å². The van der Waals surface area contributed by atoms with E-state index in [1.807, 2.05) is 0 Å². The Balaban J connectivity index is 2.77. The molecular weight excluding hydrogens is 390 g/mol. The lowest BCUT2D eigenvalue weighted by Gasteiger charge is -2.16. The van der Waals surface area contributed by atoms with Crippen molar-refractivity contribution < 1.29 is 31.8 Å². The van der Waals surface area contributed by atoms with Gasteiger partial charge in [0.1, 0.15) is 11.6 Å². The second-order valence-electron chi connectivity index (χ2n) is 6.00. The molecule has 0 atom stereocenters. The van der Waals surface area contributed by atoms with Crippen LogP contribution < -0.4 is 0 Å². The van der Waals surface area contributed by atoms with E-state index in [1.54, 1.807) is 6.92 Å². The molecule has 0 unspecified atom stereocenters. The Morgan fingerprint density at radius 2 is 1.61 bits per heavy atom. The SMILES string of the molecule is CCOC(=O)C(CCO)=C(c1ccc(S(C)(=O)=O)cc1)c1cc(F)cc(F)c1. The van der Waals surface area contributed by atoms with Gasteiger partial charge in [0, 0.05) is 30.9 Å². The van der Waals surface area contributed by atoms with Gasteiger partial charge in [0.05, 0.1) is 11.5 Å². The summed E-state index contributed by atoms with van der Waals surface area (Å²) in [6.07, 6.45) is 0.941. The number of rotatable bonds is 7. The van der Waals surface area contributed by atoms with Gasteiger partial charge in [-0.15, -0.1) is 0 Å². The van der Waals surface area contributed by atoms with Crippen molar-refractivity contribution in [3.05, 3.63) is 70.8 Å². The van der Waals surface area contributed by atoms with Gasteiger partial charge in [0.15, 0.2) is 9.84 Å². The van der Waals surface area contributed by atoms with Gasteiger partial charge in [0.25, 0.3) is 0 Å². The molecule has 0 aromatic heterocycles. The first kappa shape index (κ1) is 21.7. The van der Waals surface area contributed by atoms with Crippen LogP contribution in [0.3, 0.4) is 0 Å². The highest BCUT2D eigenvalue weighted by Gasteiger charge is 2.21. The maximum atomic E-state index is 13.8. The first-order chi connectivity index (χ1) is 13.2. The second-order valence-corrected chi connectivity index (χ2v) is 8.02. The Morgan fingerprint density at radius 3 is 2.07 bits per heavy atom. The van der Waals surface area contributed by atoms with Crippen LogP contribution in [-0.2, 0) is 19.4 Å². The third kappa shape index (κ3) is 5.24. The van der Waals surface area contributed by atoms with Crippen LogP contribution in [0.5, 0.6) is 0 Å². The predicted molar refractivity (Wildman–Crippen MR) is 100 cm³/mol. The van der Waals surface area contributed by atoms with Crippen molar-refractivity contribution in [1.82, 2.24) is 0 Å². The summed E-state index contributed by atoms with van der Waals surface area (Å²) in [6, 6.07) is 8.35. The monoisotopic (exact) mass is 410 g/mol. The molecule has 0 bridgehead atoms. The normalized spacial score (nSPS) is 12.5. The molecule has 0 aliphatic carbocycles. The predicted octanol–water partition coefficient (Wildman–Crippen LogP) is 3.12. The molecule has 0 radical (unpaired) electrons. The molecular formula is C20H20F2O5S. The van der Waals surface area contributed by atoms with Crippen LogP contribution >= 0.6 is 0 Å². The fraction of sp³-hybridized carbons (Fsp3) is 0.250. The van der Waals surface area contributed by atoms with Crippen LogP contribution in [0.15, 0.2) is 52.9 Å². The fourth-order valence-electron chi connectivity index (χ4n) is 2.74. The average molecular weight is 410 g/mol. The highest BCUT2D eigenvalue weighted by atomic mass is 32.2. The third-order valence-electron chi connectivity index (χ3n) is 3.91. The van der Waals surface area contributed by atoms with E-state index in [4.69, 9.17) is 4.74 Å². The van der Waals surface area contributed by atoms with E-state index in [2.05, 4.69) is 0 Å². The zero-order valence-corrected chi connectivity index (χ0v) is 16.2. The zero-order valence-electron chi connectivity index (χ0n) is 15.4. The molecule has 0 saturated carbocycles. The number of aliphatic hydroxyl groups is 1. The Kier molecular flexibility index (Phi) is 7.04. The summed E-state index contributed by atoms with van der Waals surface area (Å²) in [7, 11) is -3.45. The summed E-state index contributed by atoms with van der Waals surface area (Å²) in [5.41, 5.74) is 0.613. The number of hydrogen-bond acceptors (Lipinski definition) is 5. The summed E-state index contributed by atoms with van der Waals surface area (Å²) in [4.78, 5) is 12.5. The van der Waals surface area contributed by atoms with Gasteiger partial charge >= 0.3 is 5.97 Å². The summed E-state index contributed by atoms with van der Waals surface area (Å²) < 4.78 is 56.0. The van der Waals surface area contributed by atoms with E-state index in [-0.39, 0.29) is 34.6 Å². The molecule has 2 rings (SSSR count). The molecule has 150 valence electrons. The van der Waals surface area contributed by atoms with Gasteiger partial charge in [-0.1, -0.05) is 12.1 Å². The maximum absolute atomic E-state index is 13.8. The number of ether oxygens (including phenoxy) is 1.